The predicted octanol–water partition coefficient (Wildman–Crippen LogP) is 1.06. The summed E-state index contributed by atoms with van der Waals surface area (Å²) in [6, 6.07) is 1.39. The van der Waals surface area contributed by atoms with Gasteiger partial charge in [0.2, 0.25) is 5.91 Å². The van der Waals surface area contributed by atoms with Crippen LogP contribution < -0.4 is 11.1 Å². The molecule has 0 unspecified atom stereocenters. The summed E-state index contributed by atoms with van der Waals surface area (Å²) >= 11 is 5.72. The highest BCUT2D eigenvalue weighted by Crippen LogP contribution is 2.14. The molecular weight excluding hydrogens is 280 g/mol. The van der Waals surface area contributed by atoms with Crippen molar-refractivity contribution in [2.45, 2.75) is 19.3 Å². The Morgan fingerprint density at radius 1 is 1.35 bits per heavy atom. The van der Waals surface area contributed by atoms with Gasteiger partial charge < -0.3 is 16.0 Å². The number of nitrogen functional groups attached to an aromatic ring is 1. The van der Waals surface area contributed by atoms with Gasteiger partial charge in [-0.2, -0.15) is 0 Å². The van der Waals surface area contributed by atoms with Crippen molar-refractivity contribution in [1.29, 1.82) is 0 Å². The molecule has 0 bridgehead atoms. The molecular formula is C13H17ClN4O2. The summed E-state index contributed by atoms with van der Waals surface area (Å²) in [6.07, 6.45) is 4.52. The highest BCUT2D eigenvalue weighted by atomic mass is 35.5. The van der Waals surface area contributed by atoms with Crippen LogP contribution in [0, 0.1) is 0 Å². The number of anilines is 1. The molecule has 1 saturated heterocycles. The van der Waals surface area contributed by atoms with Crippen LogP contribution in [-0.2, 0) is 4.79 Å². The van der Waals surface area contributed by atoms with Gasteiger partial charge in [0, 0.05) is 13.1 Å². The van der Waals surface area contributed by atoms with Crippen molar-refractivity contribution in [3.8, 4) is 0 Å². The highest BCUT2D eigenvalue weighted by molar-refractivity contribution is 6.29. The molecule has 108 valence electrons. The molecule has 0 saturated carbocycles. The second-order valence-corrected chi connectivity index (χ2v) is 5.11. The van der Waals surface area contributed by atoms with Gasteiger partial charge in [-0.1, -0.05) is 11.6 Å². The van der Waals surface area contributed by atoms with Crippen LogP contribution in [0.2, 0.25) is 5.15 Å². The maximum atomic E-state index is 12.0. The Balaban J connectivity index is 1.91. The molecule has 1 aliphatic heterocycles. The van der Waals surface area contributed by atoms with Crippen LogP contribution in [0.1, 0.15) is 29.6 Å². The number of nitrogens with zero attached hydrogens (tertiary/aromatic N) is 2. The van der Waals surface area contributed by atoms with Crippen molar-refractivity contribution < 1.29 is 9.59 Å². The predicted molar refractivity (Wildman–Crippen MR) is 76.4 cm³/mol. The first-order chi connectivity index (χ1) is 9.58. The van der Waals surface area contributed by atoms with Crippen molar-refractivity contribution in [2.75, 3.05) is 25.4 Å². The van der Waals surface area contributed by atoms with E-state index in [9.17, 15) is 9.59 Å². The first-order valence-corrected chi connectivity index (χ1v) is 6.92. The Labute approximate surface area is 122 Å². The van der Waals surface area contributed by atoms with Crippen LogP contribution in [0.25, 0.3) is 0 Å². The zero-order valence-electron chi connectivity index (χ0n) is 11.1. The first-order valence-electron chi connectivity index (χ1n) is 6.55. The Kier molecular flexibility index (Phi) is 4.79. The van der Waals surface area contributed by atoms with Gasteiger partial charge >= 0.3 is 0 Å². The number of piperidine rings is 1. The number of pyridine rings is 1. The number of nitrogens with one attached hydrogen (secondary N) is 1. The van der Waals surface area contributed by atoms with Crippen LogP contribution in [-0.4, -0.2) is 41.3 Å². The Bertz CT molecular complexity index is 515. The fourth-order valence-corrected chi connectivity index (χ4v) is 2.30. The molecule has 2 amide bonds. The zero-order valence-corrected chi connectivity index (χ0v) is 11.8. The van der Waals surface area contributed by atoms with Gasteiger partial charge in [-0.25, -0.2) is 4.98 Å². The van der Waals surface area contributed by atoms with E-state index in [0.717, 1.165) is 32.4 Å². The average Bonchev–Trinajstić information content (AvgIpc) is 2.47. The Morgan fingerprint density at radius 2 is 2.05 bits per heavy atom. The third kappa shape index (κ3) is 3.60. The molecule has 1 aromatic heterocycles. The summed E-state index contributed by atoms with van der Waals surface area (Å²) in [6.45, 7) is 1.49. The molecule has 0 spiro atoms. The van der Waals surface area contributed by atoms with E-state index in [2.05, 4.69) is 10.3 Å². The molecule has 0 atom stereocenters. The van der Waals surface area contributed by atoms with Gasteiger partial charge in [-0.3, -0.25) is 9.59 Å². The summed E-state index contributed by atoms with van der Waals surface area (Å²) in [5.74, 6) is -0.492. The van der Waals surface area contributed by atoms with Crippen molar-refractivity contribution >= 4 is 29.1 Å². The van der Waals surface area contributed by atoms with Crippen LogP contribution in [0.3, 0.4) is 0 Å². The number of carbonyl (C=O) groups excluding carboxylic acids is 2. The van der Waals surface area contributed by atoms with Crippen molar-refractivity contribution in [3.05, 3.63) is 23.0 Å². The van der Waals surface area contributed by atoms with Crippen LogP contribution in [0.4, 0.5) is 5.69 Å². The lowest BCUT2D eigenvalue weighted by molar-refractivity contribution is -0.130. The number of nitrogens with two attached hydrogens (primary N) is 1. The van der Waals surface area contributed by atoms with Gasteiger partial charge in [0.05, 0.1) is 24.0 Å². The number of amides is 2. The Hall–Kier alpha value is -1.82. The van der Waals surface area contributed by atoms with E-state index in [-0.39, 0.29) is 28.9 Å². The van der Waals surface area contributed by atoms with E-state index in [4.69, 9.17) is 17.3 Å². The number of carbonyl (C=O) groups is 2. The maximum Gasteiger partial charge on any atom is 0.253 e. The number of hydrogen-bond donors (Lipinski definition) is 2. The lowest BCUT2D eigenvalue weighted by Crippen LogP contribution is -2.42. The molecule has 2 rings (SSSR count). The smallest absolute Gasteiger partial charge is 0.253 e. The average molecular weight is 297 g/mol. The third-order valence-electron chi connectivity index (χ3n) is 3.25. The molecule has 0 radical (unpaired) electrons. The number of rotatable bonds is 3. The second-order valence-electron chi connectivity index (χ2n) is 4.72. The largest absolute Gasteiger partial charge is 0.397 e. The maximum absolute atomic E-state index is 12.0. The van der Waals surface area contributed by atoms with Crippen molar-refractivity contribution in [3.63, 3.8) is 0 Å². The van der Waals surface area contributed by atoms with E-state index in [1.165, 1.54) is 12.3 Å². The fraction of sp³-hybridized carbons (Fsp3) is 0.462. The highest BCUT2D eigenvalue weighted by Gasteiger charge is 2.18. The monoisotopic (exact) mass is 296 g/mol. The molecule has 0 aliphatic carbocycles. The number of aromatic nitrogens is 1. The third-order valence-corrected chi connectivity index (χ3v) is 3.46. The quantitative estimate of drug-likeness (QED) is 0.816. The fourth-order valence-electron chi connectivity index (χ4n) is 2.14. The molecule has 3 N–H and O–H groups in total. The lowest BCUT2D eigenvalue weighted by Gasteiger charge is -2.26. The van der Waals surface area contributed by atoms with E-state index < -0.39 is 5.91 Å². The van der Waals surface area contributed by atoms with Crippen LogP contribution in [0.15, 0.2) is 12.3 Å². The lowest BCUT2D eigenvalue weighted by atomic mass is 10.1. The van der Waals surface area contributed by atoms with Crippen molar-refractivity contribution in [1.82, 2.24) is 15.2 Å². The molecule has 1 aromatic rings. The van der Waals surface area contributed by atoms with Crippen LogP contribution >= 0.6 is 11.6 Å². The summed E-state index contributed by atoms with van der Waals surface area (Å²) < 4.78 is 0. The topological polar surface area (TPSA) is 88.3 Å². The zero-order chi connectivity index (χ0) is 14.5. The summed E-state index contributed by atoms with van der Waals surface area (Å²) in [7, 11) is 0. The van der Waals surface area contributed by atoms with Gasteiger partial charge in [-0.15, -0.1) is 0 Å². The SMILES string of the molecule is Nc1cnc(Cl)cc1C(=O)NCC(=O)N1CCCCC1. The minimum absolute atomic E-state index is 0.0295. The van der Waals surface area contributed by atoms with E-state index in [1.54, 1.807) is 4.90 Å². The molecule has 1 aliphatic rings. The van der Waals surface area contributed by atoms with Gasteiger partial charge in [0.1, 0.15) is 5.15 Å². The van der Waals surface area contributed by atoms with Gasteiger partial charge in [0.15, 0.2) is 0 Å². The van der Waals surface area contributed by atoms with E-state index in [0.29, 0.717) is 0 Å². The molecule has 20 heavy (non-hydrogen) atoms. The van der Waals surface area contributed by atoms with E-state index >= 15 is 0 Å². The van der Waals surface area contributed by atoms with Gasteiger partial charge in [0.25, 0.3) is 5.91 Å². The molecule has 6 nitrogen and oxygen atoms in total. The summed E-state index contributed by atoms with van der Waals surface area (Å²) in [5.41, 5.74) is 6.13. The standard InChI is InChI=1S/C13H17ClN4O2/c14-11-6-9(10(15)7-16-11)13(20)17-8-12(19)18-4-2-1-3-5-18/h6-7H,1-5,8,15H2,(H,17,20). The number of halogens is 1. The first kappa shape index (κ1) is 14.6. The molecule has 2 heterocycles. The number of likely N-dealkylation sites (tertiary alicyclic amines) is 1. The van der Waals surface area contributed by atoms with Crippen molar-refractivity contribution in [2.24, 2.45) is 0 Å². The summed E-state index contributed by atoms with van der Waals surface area (Å²) in [5, 5.41) is 2.75. The minimum Gasteiger partial charge on any atom is -0.397 e. The summed E-state index contributed by atoms with van der Waals surface area (Å²) in [4.78, 5) is 29.4. The van der Waals surface area contributed by atoms with Crippen LogP contribution in [0.5, 0.6) is 0 Å². The minimum atomic E-state index is -0.419. The van der Waals surface area contributed by atoms with E-state index in [1.807, 2.05) is 0 Å². The second kappa shape index (κ2) is 6.56. The van der Waals surface area contributed by atoms with Gasteiger partial charge in [-0.05, 0) is 25.3 Å². The Morgan fingerprint density at radius 3 is 2.75 bits per heavy atom. The molecule has 0 aromatic carbocycles. The molecule has 1 fully saturated rings. The number of hydrogen-bond acceptors (Lipinski definition) is 4. The molecule has 7 heteroatoms. The normalized spacial score (nSPS) is 14.9.